The predicted molar refractivity (Wildman–Crippen MR) is 114 cm³/mol. The van der Waals surface area contributed by atoms with Gasteiger partial charge in [-0.25, -0.2) is 0 Å². The molecule has 0 saturated carbocycles. The zero-order valence-corrected chi connectivity index (χ0v) is 16.6. The summed E-state index contributed by atoms with van der Waals surface area (Å²) in [5.41, 5.74) is 0.137. The molecule has 0 amide bonds. The van der Waals surface area contributed by atoms with E-state index in [9.17, 15) is 10.1 Å². The van der Waals surface area contributed by atoms with Crippen molar-refractivity contribution in [3.05, 3.63) is 107 Å². The largest absolute Gasteiger partial charge is 0.497 e. The van der Waals surface area contributed by atoms with Crippen molar-refractivity contribution in [3.8, 4) is 5.75 Å². The minimum absolute atomic E-state index is 0.137. The molecule has 0 atom stereocenters. The van der Waals surface area contributed by atoms with Crippen LogP contribution in [-0.2, 0) is 0 Å². The summed E-state index contributed by atoms with van der Waals surface area (Å²) < 4.78 is 4.91. The van der Waals surface area contributed by atoms with Crippen LogP contribution in [0.4, 0.5) is 5.69 Å². The molecule has 0 aliphatic rings. The number of benzene rings is 3. The highest BCUT2D eigenvalue weighted by molar-refractivity contribution is 6.25. The number of hydrogen-bond acceptors (Lipinski definition) is 3. The van der Waals surface area contributed by atoms with Gasteiger partial charge in [-0.05, 0) is 12.1 Å². The zero-order valence-electron chi connectivity index (χ0n) is 15.1. The maximum Gasteiger partial charge on any atom is 0.269 e. The average molecular weight is 408 g/mol. The molecular weight excluding hydrogens is 385 g/mol. The van der Waals surface area contributed by atoms with Crippen LogP contribution in [0.15, 0.2) is 97.1 Å². The lowest BCUT2D eigenvalue weighted by Crippen LogP contribution is -1.84. The van der Waals surface area contributed by atoms with Crippen LogP contribution in [-0.4, -0.2) is 23.8 Å². The van der Waals surface area contributed by atoms with Gasteiger partial charge in [-0.15, -0.1) is 23.2 Å². The summed E-state index contributed by atoms with van der Waals surface area (Å²) in [4.78, 5) is 9.59. The van der Waals surface area contributed by atoms with Gasteiger partial charge in [0.05, 0.1) is 12.0 Å². The van der Waals surface area contributed by atoms with Gasteiger partial charge in [-0.3, -0.25) is 10.1 Å². The monoisotopic (exact) mass is 407 g/mol. The van der Waals surface area contributed by atoms with E-state index in [2.05, 4.69) is 0 Å². The van der Waals surface area contributed by atoms with Gasteiger partial charge in [0.1, 0.15) is 5.75 Å². The van der Waals surface area contributed by atoms with Crippen LogP contribution in [0.2, 0.25) is 0 Å². The number of ether oxygens (including phenoxy) is 1. The number of nitrogens with zero attached hydrogens (tertiary/aromatic N) is 1. The van der Waals surface area contributed by atoms with Crippen molar-refractivity contribution >= 4 is 28.9 Å². The molecule has 0 spiro atoms. The zero-order chi connectivity index (χ0) is 20.2. The topological polar surface area (TPSA) is 52.4 Å². The van der Waals surface area contributed by atoms with Crippen molar-refractivity contribution in [3.63, 3.8) is 0 Å². The molecule has 3 aromatic rings. The van der Waals surface area contributed by atoms with Crippen LogP contribution in [0.1, 0.15) is 0 Å². The summed E-state index contributed by atoms with van der Waals surface area (Å²) in [6.07, 6.45) is 0. The summed E-state index contributed by atoms with van der Waals surface area (Å²) in [6, 6.07) is 29.6. The van der Waals surface area contributed by atoms with Crippen LogP contribution in [0.3, 0.4) is 0 Å². The fraction of sp³-hybridized carbons (Fsp3) is 0.143. The Morgan fingerprint density at radius 1 is 0.741 bits per heavy atom. The van der Waals surface area contributed by atoms with Gasteiger partial charge in [0.15, 0.2) is 0 Å². The Labute approximate surface area is 170 Å². The molecule has 3 rings (SSSR count). The molecule has 0 unspecified atom stereocenters. The molecule has 0 heterocycles. The number of halogens is 2. The number of hydrogen-bond donors (Lipinski definition) is 0. The second kappa shape index (κ2) is 18.2. The lowest BCUT2D eigenvalue weighted by atomic mass is 10.3. The van der Waals surface area contributed by atoms with Crippen molar-refractivity contribution in [2.75, 3.05) is 18.9 Å². The van der Waals surface area contributed by atoms with Crippen LogP contribution in [0.25, 0.3) is 0 Å². The van der Waals surface area contributed by atoms with E-state index in [1.165, 1.54) is 12.1 Å². The molecule has 0 fully saturated rings. The molecule has 0 aliphatic heterocycles. The summed E-state index contributed by atoms with van der Waals surface area (Å²) in [5.74, 6) is 2.02. The lowest BCUT2D eigenvalue weighted by molar-refractivity contribution is -0.384. The molecule has 0 bridgehead atoms. The SMILES string of the molecule is COc1ccccc1.ClCCCl.O=[N+]([O-])c1ccccc1.c1ccccc1. The van der Waals surface area contributed by atoms with Gasteiger partial charge in [-0.1, -0.05) is 72.8 Å². The molecule has 0 N–H and O–H groups in total. The maximum atomic E-state index is 10.0. The number of non-ortho nitro benzene ring substituents is 1. The van der Waals surface area contributed by atoms with E-state index in [-0.39, 0.29) is 5.69 Å². The van der Waals surface area contributed by atoms with E-state index < -0.39 is 4.92 Å². The second-order valence-corrected chi connectivity index (χ2v) is 5.40. The third-order valence-corrected chi connectivity index (χ3v) is 3.26. The Hall–Kier alpha value is -2.56. The normalized spacial score (nSPS) is 8.41. The Balaban J connectivity index is 0.000000348. The molecule has 0 aliphatic carbocycles. The average Bonchev–Trinajstić information content (AvgIpc) is 2.77. The quantitative estimate of drug-likeness (QED) is 0.285. The molecular formula is C21H23Cl2NO3. The van der Waals surface area contributed by atoms with Gasteiger partial charge in [-0.2, -0.15) is 0 Å². The minimum Gasteiger partial charge on any atom is -0.497 e. The van der Waals surface area contributed by atoms with Gasteiger partial charge in [0.25, 0.3) is 5.69 Å². The van der Waals surface area contributed by atoms with Gasteiger partial charge < -0.3 is 4.74 Å². The van der Waals surface area contributed by atoms with Gasteiger partial charge in [0, 0.05) is 23.9 Å². The fourth-order valence-corrected chi connectivity index (χ4v) is 1.49. The first-order valence-electron chi connectivity index (χ1n) is 8.06. The molecule has 27 heavy (non-hydrogen) atoms. The summed E-state index contributed by atoms with van der Waals surface area (Å²) in [7, 11) is 1.66. The minimum atomic E-state index is -0.417. The Morgan fingerprint density at radius 3 is 1.30 bits per heavy atom. The molecule has 4 nitrogen and oxygen atoms in total. The maximum absolute atomic E-state index is 10.0. The first-order chi connectivity index (χ1) is 13.2. The van der Waals surface area contributed by atoms with Crippen molar-refractivity contribution < 1.29 is 9.66 Å². The van der Waals surface area contributed by atoms with E-state index in [1.54, 1.807) is 25.3 Å². The van der Waals surface area contributed by atoms with Crippen molar-refractivity contribution in [1.29, 1.82) is 0 Å². The highest BCUT2D eigenvalue weighted by atomic mass is 35.5. The number of nitro groups is 1. The van der Waals surface area contributed by atoms with Crippen molar-refractivity contribution in [2.45, 2.75) is 0 Å². The Morgan fingerprint density at radius 2 is 1.07 bits per heavy atom. The Bertz CT molecular complexity index is 655. The third kappa shape index (κ3) is 15.4. The highest BCUT2D eigenvalue weighted by Gasteiger charge is 1.98. The first-order valence-corrected chi connectivity index (χ1v) is 9.13. The molecule has 0 radical (unpaired) electrons. The third-order valence-electron chi connectivity index (χ3n) is 2.68. The fourth-order valence-electron chi connectivity index (χ4n) is 1.49. The van der Waals surface area contributed by atoms with E-state index in [0.717, 1.165) is 5.75 Å². The second-order valence-electron chi connectivity index (χ2n) is 4.64. The van der Waals surface area contributed by atoms with Crippen LogP contribution < -0.4 is 4.74 Å². The number of nitro benzene ring substituents is 1. The standard InChI is InChI=1S/C7H8O.C6H5NO2.C6H6.C2H4Cl2/c1-8-7-5-3-2-4-6-7;8-7(9)6-4-2-1-3-5-6;1-2-4-6-5-3-1;3-1-2-4/h2-6H,1H3;1-5H;1-6H;1-2H2. The van der Waals surface area contributed by atoms with Crippen molar-refractivity contribution in [2.24, 2.45) is 0 Å². The van der Waals surface area contributed by atoms with Gasteiger partial charge in [0.2, 0.25) is 0 Å². The van der Waals surface area contributed by atoms with Crippen LogP contribution >= 0.6 is 23.2 Å². The van der Waals surface area contributed by atoms with E-state index >= 15 is 0 Å². The lowest BCUT2D eigenvalue weighted by Gasteiger charge is -1.93. The number of methoxy groups -OCH3 is 1. The molecule has 3 aromatic carbocycles. The van der Waals surface area contributed by atoms with Crippen LogP contribution in [0, 0.1) is 10.1 Å². The van der Waals surface area contributed by atoms with E-state index in [1.807, 2.05) is 66.7 Å². The number of para-hydroxylation sites is 2. The summed E-state index contributed by atoms with van der Waals surface area (Å²) >= 11 is 10.1. The highest BCUT2D eigenvalue weighted by Crippen LogP contribution is 2.07. The van der Waals surface area contributed by atoms with Gasteiger partial charge >= 0.3 is 0 Å². The smallest absolute Gasteiger partial charge is 0.269 e. The number of rotatable bonds is 3. The molecule has 0 aromatic heterocycles. The van der Waals surface area contributed by atoms with E-state index in [4.69, 9.17) is 27.9 Å². The van der Waals surface area contributed by atoms with Crippen LogP contribution in [0.5, 0.6) is 5.75 Å². The number of alkyl halides is 2. The molecule has 144 valence electrons. The first kappa shape index (κ1) is 24.4. The molecule has 6 heteroatoms. The van der Waals surface area contributed by atoms with E-state index in [0.29, 0.717) is 11.8 Å². The Kier molecular flexibility index (Phi) is 16.5. The van der Waals surface area contributed by atoms with Crippen molar-refractivity contribution in [1.82, 2.24) is 0 Å². The summed E-state index contributed by atoms with van der Waals surface area (Å²) in [5, 5.41) is 10.0. The summed E-state index contributed by atoms with van der Waals surface area (Å²) in [6.45, 7) is 0. The predicted octanol–water partition coefficient (Wildman–Crippen LogP) is 6.44. The molecule has 0 saturated heterocycles.